The number of nitrogens with zero attached hydrogens (tertiary/aromatic N) is 6. The van der Waals surface area contributed by atoms with Gasteiger partial charge in [0.25, 0.3) is 0 Å². The second kappa shape index (κ2) is 7.04. The van der Waals surface area contributed by atoms with Crippen LogP contribution in [0.5, 0.6) is 5.88 Å². The smallest absolute Gasteiger partial charge is 0.231 e. The highest BCUT2D eigenvalue weighted by Crippen LogP contribution is 2.24. The van der Waals surface area contributed by atoms with E-state index in [0.717, 1.165) is 48.2 Å². The molecule has 1 unspecified atom stereocenters. The molecular weight excluding hydrogens is 352 g/mol. The highest BCUT2D eigenvalue weighted by atomic mass is 16.5. The van der Waals surface area contributed by atoms with Gasteiger partial charge in [-0.05, 0) is 32.4 Å². The standard InChI is InChI=1S/C21H28N6O/c1-14-10-15(2)23-20(22-14)26-9-8-16(11-26)13-28-19-7-6-18-24-17(21(3,4)5)12-27(18)25-19/h6-7,10,12,16H,8-9,11,13H2,1-5H3. The average molecular weight is 380 g/mol. The van der Waals surface area contributed by atoms with Crippen LogP contribution in [0.25, 0.3) is 5.65 Å². The number of hydrogen-bond donors (Lipinski definition) is 0. The lowest BCUT2D eigenvalue weighted by molar-refractivity contribution is 0.248. The Labute approximate surface area is 165 Å². The Hall–Kier alpha value is -2.70. The zero-order valence-corrected chi connectivity index (χ0v) is 17.3. The van der Waals surface area contributed by atoms with E-state index in [2.05, 4.69) is 45.7 Å². The van der Waals surface area contributed by atoms with E-state index in [0.29, 0.717) is 18.4 Å². The maximum absolute atomic E-state index is 6.00. The maximum Gasteiger partial charge on any atom is 0.231 e. The maximum atomic E-state index is 6.00. The summed E-state index contributed by atoms with van der Waals surface area (Å²) in [6.45, 7) is 13.0. The van der Waals surface area contributed by atoms with Crippen LogP contribution in [0, 0.1) is 19.8 Å². The molecule has 7 heteroatoms. The van der Waals surface area contributed by atoms with E-state index in [4.69, 9.17) is 4.74 Å². The van der Waals surface area contributed by atoms with E-state index in [1.54, 1.807) is 4.52 Å². The van der Waals surface area contributed by atoms with Crippen molar-refractivity contribution in [3.05, 3.63) is 41.5 Å². The summed E-state index contributed by atoms with van der Waals surface area (Å²) >= 11 is 0. The Morgan fingerprint density at radius 1 is 1.11 bits per heavy atom. The minimum absolute atomic E-state index is 0.00174. The molecule has 4 rings (SSSR count). The van der Waals surface area contributed by atoms with E-state index in [-0.39, 0.29) is 5.41 Å². The summed E-state index contributed by atoms with van der Waals surface area (Å²) in [4.78, 5) is 16.0. The third kappa shape index (κ3) is 3.93. The highest BCUT2D eigenvalue weighted by Gasteiger charge is 2.25. The van der Waals surface area contributed by atoms with Crippen LogP contribution in [-0.2, 0) is 5.41 Å². The largest absolute Gasteiger partial charge is 0.476 e. The van der Waals surface area contributed by atoms with Crippen molar-refractivity contribution in [1.29, 1.82) is 0 Å². The van der Waals surface area contributed by atoms with Gasteiger partial charge in [-0.3, -0.25) is 0 Å². The molecule has 148 valence electrons. The summed E-state index contributed by atoms with van der Waals surface area (Å²) < 4.78 is 7.80. The molecule has 7 nitrogen and oxygen atoms in total. The van der Waals surface area contributed by atoms with Crippen molar-refractivity contribution in [1.82, 2.24) is 24.6 Å². The lowest BCUT2D eigenvalue weighted by Crippen LogP contribution is -2.24. The van der Waals surface area contributed by atoms with Crippen molar-refractivity contribution < 1.29 is 4.74 Å². The first-order chi connectivity index (χ1) is 13.3. The first-order valence-corrected chi connectivity index (χ1v) is 9.85. The Bertz CT molecular complexity index is 970. The number of aryl methyl sites for hydroxylation is 2. The van der Waals surface area contributed by atoms with Gasteiger partial charge in [0.05, 0.1) is 18.5 Å². The Balaban J connectivity index is 1.39. The normalized spacial score (nSPS) is 17.5. The summed E-state index contributed by atoms with van der Waals surface area (Å²) in [5, 5.41) is 4.56. The fourth-order valence-corrected chi connectivity index (χ4v) is 3.51. The van der Waals surface area contributed by atoms with Gasteiger partial charge in [0.15, 0.2) is 5.65 Å². The van der Waals surface area contributed by atoms with Gasteiger partial charge in [0.2, 0.25) is 11.8 Å². The number of imidazole rings is 1. The lowest BCUT2D eigenvalue weighted by atomic mass is 9.93. The average Bonchev–Trinajstić information content (AvgIpc) is 3.25. The third-order valence-corrected chi connectivity index (χ3v) is 5.07. The van der Waals surface area contributed by atoms with Gasteiger partial charge < -0.3 is 9.64 Å². The van der Waals surface area contributed by atoms with E-state index in [9.17, 15) is 0 Å². The molecule has 1 aliphatic rings. The Morgan fingerprint density at radius 3 is 2.57 bits per heavy atom. The van der Waals surface area contributed by atoms with Crippen LogP contribution in [0.15, 0.2) is 24.4 Å². The van der Waals surface area contributed by atoms with E-state index in [1.807, 2.05) is 38.2 Å². The van der Waals surface area contributed by atoms with Gasteiger partial charge in [-0.2, -0.15) is 0 Å². The summed E-state index contributed by atoms with van der Waals surface area (Å²) in [7, 11) is 0. The van der Waals surface area contributed by atoms with E-state index >= 15 is 0 Å². The van der Waals surface area contributed by atoms with Crippen molar-refractivity contribution in [3.8, 4) is 5.88 Å². The monoisotopic (exact) mass is 380 g/mol. The van der Waals surface area contributed by atoms with Crippen molar-refractivity contribution in [2.45, 2.75) is 46.5 Å². The predicted molar refractivity (Wildman–Crippen MR) is 109 cm³/mol. The molecule has 28 heavy (non-hydrogen) atoms. The van der Waals surface area contributed by atoms with E-state index < -0.39 is 0 Å². The lowest BCUT2D eigenvalue weighted by Gasteiger charge is -2.17. The molecule has 0 radical (unpaired) electrons. The number of ether oxygens (including phenoxy) is 1. The number of anilines is 1. The molecule has 4 heterocycles. The van der Waals surface area contributed by atoms with Crippen LogP contribution >= 0.6 is 0 Å². The number of aromatic nitrogens is 5. The molecular formula is C21H28N6O. The predicted octanol–water partition coefficient (Wildman–Crippen LogP) is 3.34. The zero-order valence-electron chi connectivity index (χ0n) is 17.3. The molecule has 1 fully saturated rings. The zero-order chi connectivity index (χ0) is 19.9. The van der Waals surface area contributed by atoms with Crippen LogP contribution in [-0.4, -0.2) is 44.3 Å². The van der Waals surface area contributed by atoms with Gasteiger partial charge in [0, 0.05) is 41.9 Å². The van der Waals surface area contributed by atoms with Crippen molar-refractivity contribution >= 4 is 11.6 Å². The number of rotatable bonds is 4. The summed E-state index contributed by atoms with van der Waals surface area (Å²) in [6, 6.07) is 5.86. The molecule has 1 saturated heterocycles. The number of hydrogen-bond acceptors (Lipinski definition) is 6. The van der Waals surface area contributed by atoms with Crippen LogP contribution < -0.4 is 9.64 Å². The van der Waals surface area contributed by atoms with Gasteiger partial charge in [-0.25, -0.2) is 19.5 Å². The molecule has 0 bridgehead atoms. The summed E-state index contributed by atoms with van der Waals surface area (Å²) in [5.41, 5.74) is 3.88. The molecule has 0 spiro atoms. The van der Waals surface area contributed by atoms with Gasteiger partial charge in [0.1, 0.15) is 0 Å². The molecule has 3 aromatic heterocycles. The minimum Gasteiger partial charge on any atom is -0.476 e. The van der Waals surface area contributed by atoms with Crippen molar-refractivity contribution in [2.75, 3.05) is 24.6 Å². The molecule has 0 saturated carbocycles. The van der Waals surface area contributed by atoms with Crippen molar-refractivity contribution in [2.24, 2.45) is 5.92 Å². The van der Waals surface area contributed by atoms with E-state index in [1.165, 1.54) is 0 Å². The van der Waals surface area contributed by atoms with Gasteiger partial charge >= 0.3 is 0 Å². The van der Waals surface area contributed by atoms with Crippen LogP contribution in [0.1, 0.15) is 44.3 Å². The fraction of sp³-hybridized carbons (Fsp3) is 0.524. The second-order valence-corrected chi connectivity index (χ2v) is 8.71. The first kappa shape index (κ1) is 18.7. The van der Waals surface area contributed by atoms with Crippen molar-refractivity contribution in [3.63, 3.8) is 0 Å². The van der Waals surface area contributed by atoms with Gasteiger partial charge in [-0.15, -0.1) is 5.10 Å². The molecule has 0 aliphatic carbocycles. The third-order valence-electron chi connectivity index (χ3n) is 5.07. The highest BCUT2D eigenvalue weighted by molar-refractivity contribution is 5.41. The molecule has 1 atom stereocenters. The summed E-state index contributed by atoms with van der Waals surface area (Å²) in [5.74, 6) is 1.90. The number of fused-ring (bicyclic) bond motifs is 1. The second-order valence-electron chi connectivity index (χ2n) is 8.71. The first-order valence-electron chi connectivity index (χ1n) is 9.85. The summed E-state index contributed by atoms with van der Waals surface area (Å²) in [6.07, 6.45) is 3.05. The molecule has 0 aromatic carbocycles. The molecule has 0 amide bonds. The topological polar surface area (TPSA) is 68.4 Å². The molecule has 3 aromatic rings. The SMILES string of the molecule is Cc1cc(C)nc(N2CCC(COc3ccc4nc(C(C)(C)C)cn4n3)C2)n1. The molecule has 0 N–H and O–H groups in total. The minimum atomic E-state index is -0.00174. The Morgan fingerprint density at radius 2 is 1.86 bits per heavy atom. The fourth-order valence-electron chi connectivity index (χ4n) is 3.51. The van der Waals surface area contributed by atoms with Crippen LogP contribution in [0.4, 0.5) is 5.95 Å². The van der Waals surface area contributed by atoms with Gasteiger partial charge in [-0.1, -0.05) is 20.8 Å². The van der Waals surface area contributed by atoms with Crippen LogP contribution in [0.3, 0.4) is 0 Å². The van der Waals surface area contributed by atoms with Crippen LogP contribution in [0.2, 0.25) is 0 Å². The Kier molecular flexibility index (Phi) is 4.69. The molecule has 1 aliphatic heterocycles. The quantitative estimate of drug-likeness (QED) is 0.691.